The summed E-state index contributed by atoms with van der Waals surface area (Å²) in [5.41, 5.74) is 3.42. The Labute approximate surface area is 197 Å². The van der Waals surface area contributed by atoms with Crippen LogP contribution in [0.2, 0.25) is 0 Å². The Bertz CT molecular complexity index is 1120. The van der Waals surface area contributed by atoms with Crippen molar-refractivity contribution in [3.63, 3.8) is 0 Å². The molecule has 0 bridgehead atoms. The highest BCUT2D eigenvalue weighted by atomic mass is 32.1. The third-order valence-corrected chi connectivity index (χ3v) is 7.18. The number of piperidine rings is 1. The van der Waals surface area contributed by atoms with Crippen LogP contribution < -0.4 is 15.0 Å². The Hall–Kier alpha value is -2.75. The van der Waals surface area contributed by atoms with Crippen molar-refractivity contribution in [1.29, 1.82) is 0 Å². The molecule has 9 heteroatoms. The molecule has 174 valence electrons. The van der Waals surface area contributed by atoms with Crippen molar-refractivity contribution in [2.24, 2.45) is 0 Å². The van der Waals surface area contributed by atoms with Crippen LogP contribution in [0.15, 0.2) is 30.5 Å². The molecule has 0 atom stereocenters. The molecule has 3 aromatic rings. The van der Waals surface area contributed by atoms with Gasteiger partial charge < -0.3 is 14.4 Å². The van der Waals surface area contributed by atoms with Crippen LogP contribution in [0.1, 0.15) is 35.3 Å². The van der Waals surface area contributed by atoms with Crippen LogP contribution >= 0.6 is 11.3 Å². The molecule has 0 radical (unpaired) electrons. The van der Waals surface area contributed by atoms with Gasteiger partial charge in [-0.05, 0) is 43.5 Å². The summed E-state index contributed by atoms with van der Waals surface area (Å²) < 4.78 is 12.0. The Morgan fingerprint density at radius 2 is 1.97 bits per heavy atom. The number of aromatic nitrogens is 2. The zero-order valence-electron chi connectivity index (χ0n) is 18.9. The van der Waals surface area contributed by atoms with Gasteiger partial charge in [-0.2, -0.15) is 0 Å². The number of hydrogen-bond acceptors (Lipinski definition) is 8. The number of methoxy groups -OCH3 is 1. The first-order chi connectivity index (χ1) is 16.2. The summed E-state index contributed by atoms with van der Waals surface area (Å²) in [5.74, 6) is 0.539. The summed E-state index contributed by atoms with van der Waals surface area (Å²) in [6.07, 6.45) is 5.37. The summed E-state index contributed by atoms with van der Waals surface area (Å²) in [6, 6.07) is 7.68. The smallest absolute Gasteiger partial charge is 0.257 e. The Morgan fingerprint density at radius 1 is 1.15 bits per heavy atom. The van der Waals surface area contributed by atoms with Crippen molar-refractivity contribution >= 4 is 38.3 Å². The minimum absolute atomic E-state index is 0.182. The number of nitrogens with one attached hydrogen (secondary N) is 1. The number of amides is 1. The van der Waals surface area contributed by atoms with Crippen molar-refractivity contribution in [3.8, 4) is 5.75 Å². The highest BCUT2D eigenvalue weighted by Crippen LogP contribution is 2.40. The quantitative estimate of drug-likeness (QED) is 0.591. The number of thiazole rings is 1. The van der Waals surface area contributed by atoms with Crippen molar-refractivity contribution in [2.75, 3.05) is 56.7 Å². The van der Waals surface area contributed by atoms with Crippen LogP contribution in [0.3, 0.4) is 0 Å². The molecule has 2 saturated heterocycles. The third kappa shape index (κ3) is 4.95. The lowest BCUT2D eigenvalue weighted by molar-refractivity contribution is 0.0336. The molecule has 1 aromatic carbocycles. The van der Waals surface area contributed by atoms with Crippen LogP contribution in [0, 0.1) is 0 Å². The Kier molecular flexibility index (Phi) is 6.70. The SMILES string of the molecule is COc1ccc(N2CCCCC2)c2sc(NC(=O)c3ccnc(CN4CCOCC4)c3)nc12. The Morgan fingerprint density at radius 3 is 2.76 bits per heavy atom. The minimum Gasteiger partial charge on any atom is -0.494 e. The fourth-order valence-corrected chi connectivity index (χ4v) is 5.45. The van der Waals surface area contributed by atoms with Gasteiger partial charge in [-0.15, -0.1) is 0 Å². The van der Waals surface area contributed by atoms with E-state index in [0.717, 1.165) is 61.1 Å². The number of benzene rings is 1. The van der Waals surface area contributed by atoms with Crippen LogP contribution in [-0.2, 0) is 11.3 Å². The second-order valence-corrected chi connectivity index (χ2v) is 9.41. The van der Waals surface area contributed by atoms with Gasteiger partial charge in [-0.1, -0.05) is 11.3 Å². The van der Waals surface area contributed by atoms with Crippen molar-refractivity contribution in [1.82, 2.24) is 14.9 Å². The predicted molar refractivity (Wildman–Crippen MR) is 131 cm³/mol. The van der Waals surface area contributed by atoms with E-state index in [0.29, 0.717) is 17.2 Å². The molecule has 2 aliphatic rings. The zero-order valence-corrected chi connectivity index (χ0v) is 19.7. The highest BCUT2D eigenvalue weighted by molar-refractivity contribution is 7.23. The van der Waals surface area contributed by atoms with Crippen molar-refractivity contribution in [2.45, 2.75) is 25.8 Å². The molecule has 1 amide bonds. The summed E-state index contributed by atoms with van der Waals surface area (Å²) in [5, 5.41) is 3.57. The summed E-state index contributed by atoms with van der Waals surface area (Å²) in [4.78, 5) is 26.9. The van der Waals surface area contributed by atoms with Gasteiger partial charge in [0.2, 0.25) is 0 Å². The minimum atomic E-state index is -0.182. The maximum Gasteiger partial charge on any atom is 0.257 e. The maximum atomic E-state index is 13.0. The maximum absolute atomic E-state index is 13.0. The van der Waals surface area contributed by atoms with Crippen LogP contribution in [-0.4, -0.2) is 67.3 Å². The first kappa shape index (κ1) is 22.1. The van der Waals surface area contributed by atoms with E-state index < -0.39 is 0 Å². The third-order valence-electron chi connectivity index (χ3n) is 6.19. The van der Waals surface area contributed by atoms with Crippen molar-refractivity contribution in [3.05, 3.63) is 41.7 Å². The molecule has 0 aliphatic carbocycles. The van der Waals surface area contributed by atoms with Gasteiger partial charge in [0.25, 0.3) is 5.91 Å². The molecule has 2 fully saturated rings. The first-order valence-electron chi connectivity index (χ1n) is 11.5. The number of fused-ring (bicyclic) bond motifs is 1. The number of hydrogen-bond donors (Lipinski definition) is 1. The largest absolute Gasteiger partial charge is 0.494 e. The van der Waals surface area contributed by atoms with Gasteiger partial charge in [0.05, 0.1) is 36.4 Å². The molecule has 2 aliphatic heterocycles. The molecular weight excluding hydrogens is 438 g/mol. The lowest BCUT2D eigenvalue weighted by atomic mass is 10.1. The van der Waals surface area contributed by atoms with E-state index in [2.05, 4.69) is 26.2 Å². The first-order valence-corrected chi connectivity index (χ1v) is 12.3. The topological polar surface area (TPSA) is 79.8 Å². The molecule has 4 heterocycles. The predicted octanol–water partition coefficient (Wildman–Crippen LogP) is 3.77. The van der Waals surface area contributed by atoms with E-state index >= 15 is 0 Å². The molecule has 0 saturated carbocycles. The van der Waals surface area contributed by atoms with Gasteiger partial charge in [-0.3, -0.25) is 20.0 Å². The van der Waals surface area contributed by atoms with Gasteiger partial charge >= 0.3 is 0 Å². The normalized spacial score (nSPS) is 17.3. The van der Waals surface area contributed by atoms with E-state index in [4.69, 9.17) is 14.5 Å². The summed E-state index contributed by atoms with van der Waals surface area (Å²) in [7, 11) is 1.65. The molecule has 1 N–H and O–H groups in total. The van der Waals surface area contributed by atoms with E-state index in [1.807, 2.05) is 12.1 Å². The standard InChI is InChI=1S/C24H29N5O3S/c1-31-20-6-5-19(29-9-3-2-4-10-29)22-21(20)26-24(33-22)27-23(30)17-7-8-25-18(15-17)16-28-11-13-32-14-12-28/h5-8,15H,2-4,9-14,16H2,1H3,(H,26,27,30). The second kappa shape index (κ2) is 10.0. The van der Waals surface area contributed by atoms with Gasteiger partial charge in [0.15, 0.2) is 5.13 Å². The second-order valence-electron chi connectivity index (χ2n) is 8.41. The monoisotopic (exact) mass is 467 g/mol. The van der Waals surface area contributed by atoms with Crippen LogP contribution in [0.25, 0.3) is 10.2 Å². The number of ether oxygens (including phenoxy) is 2. The lowest BCUT2D eigenvalue weighted by Crippen LogP contribution is -2.35. The average molecular weight is 468 g/mol. The Balaban J connectivity index is 1.36. The number of nitrogens with zero attached hydrogens (tertiary/aromatic N) is 4. The number of morpholine rings is 1. The molecular formula is C24H29N5O3S. The zero-order chi connectivity index (χ0) is 22.6. The van der Waals surface area contributed by atoms with E-state index in [1.54, 1.807) is 19.4 Å². The molecule has 8 nitrogen and oxygen atoms in total. The van der Waals surface area contributed by atoms with E-state index in [-0.39, 0.29) is 5.91 Å². The summed E-state index contributed by atoms with van der Waals surface area (Å²) in [6.45, 7) is 6.03. The highest BCUT2D eigenvalue weighted by Gasteiger charge is 2.20. The van der Waals surface area contributed by atoms with Gasteiger partial charge in [-0.25, -0.2) is 4.98 Å². The van der Waals surface area contributed by atoms with Crippen molar-refractivity contribution < 1.29 is 14.3 Å². The number of pyridine rings is 1. The number of rotatable bonds is 6. The molecule has 33 heavy (non-hydrogen) atoms. The summed E-state index contributed by atoms with van der Waals surface area (Å²) >= 11 is 1.50. The molecule has 2 aromatic heterocycles. The van der Waals surface area contributed by atoms with Crippen LogP contribution in [0.5, 0.6) is 5.75 Å². The van der Waals surface area contributed by atoms with Gasteiger partial charge in [0.1, 0.15) is 11.3 Å². The van der Waals surface area contributed by atoms with E-state index in [1.165, 1.54) is 36.3 Å². The molecule has 5 rings (SSSR count). The molecule has 0 spiro atoms. The fraction of sp³-hybridized carbons (Fsp3) is 0.458. The number of carbonyl (C=O) groups excluding carboxylic acids is 1. The van der Waals surface area contributed by atoms with Gasteiger partial charge in [0, 0.05) is 44.5 Å². The fourth-order valence-electron chi connectivity index (χ4n) is 4.44. The number of anilines is 2. The average Bonchev–Trinajstić information content (AvgIpc) is 3.28. The van der Waals surface area contributed by atoms with Crippen LogP contribution in [0.4, 0.5) is 10.8 Å². The number of carbonyl (C=O) groups is 1. The lowest BCUT2D eigenvalue weighted by Gasteiger charge is -2.29. The molecule has 0 unspecified atom stereocenters. The van der Waals surface area contributed by atoms with E-state index in [9.17, 15) is 4.79 Å².